The average molecular weight is 497 g/mol. The van der Waals surface area contributed by atoms with Crippen LogP contribution in [-0.4, -0.2) is 42.3 Å². The molecule has 0 saturated heterocycles. The number of nitrogens with one attached hydrogen (secondary N) is 1. The summed E-state index contributed by atoms with van der Waals surface area (Å²) in [4.78, 5) is 41.4. The molecule has 0 aromatic heterocycles. The molecule has 1 N–H and O–H groups in total. The van der Waals surface area contributed by atoms with Gasteiger partial charge in [0.1, 0.15) is 6.54 Å². The van der Waals surface area contributed by atoms with E-state index >= 15 is 0 Å². The number of likely N-dealkylation sites (N-methyl/N-ethyl adjacent to an activating group) is 1. The van der Waals surface area contributed by atoms with Crippen LogP contribution >= 0.6 is 0 Å². The fraction of sp³-hybridized carbons (Fsp3) is 0.320. The zero-order chi connectivity index (χ0) is 26.8. The molecule has 186 valence electrons. The smallest absolute Gasteiger partial charge is 0.342 e. The Labute approximate surface area is 205 Å². The predicted octanol–water partition coefficient (Wildman–Crippen LogP) is 3.70. The molecule has 3 amide bonds. The van der Waals surface area contributed by atoms with Crippen LogP contribution in [0.5, 0.6) is 0 Å². The minimum Gasteiger partial charge on any atom is -0.342 e. The molecule has 11 heteroatoms. The van der Waals surface area contributed by atoms with Crippen molar-refractivity contribution in [2.24, 2.45) is 11.8 Å². The third-order valence-corrected chi connectivity index (χ3v) is 6.15. The van der Waals surface area contributed by atoms with Crippen molar-refractivity contribution in [1.82, 2.24) is 10.2 Å². The number of nitriles is 2. The van der Waals surface area contributed by atoms with Crippen LogP contribution in [0, 0.1) is 34.5 Å². The molecule has 1 aliphatic heterocycles. The molecule has 0 bridgehead atoms. The molecule has 3 unspecified atom stereocenters. The third kappa shape index (κ3) is 4.86. The summed E-state index contributed by atoms with van der Waals surface area (Å²) in [5.41, 5.74) is -0.548. The lowest BCUT2D eigenvalue weighted by atomic mass is 9.75. The van der Waals surface area contributed by atoms with Crippen molar-refractivity contribution in [3.63, 3.8) is 0 Å². The lowest BCUT2D eigenvalue weighted by Crippen LogP contribution is -2.57. The zero-order valence-corrected chi connectivity index (χ0v) is 19.6. The van der Waals surface area contributed by atoms with Gasteiger partial charge in [-0.1, -0.05) is 18.2 Å². The van der Waals surface area contributed by atoms with Crippen molar-refractivity contribution in [3.8, 4) is 12.1 Å². The number of nitrogens with zero attached hydrogens (tertiary/aromatic N) is 4. The molecule has 0 radical (unpaired) electrons. The number of halogens is 3. The van der Waals surface area contributed by atoms with Crippen LogP contribution in [0.4, 0.5) is 23.7 Å². The lowest BCUT2D eigenvalue weighted by molar-refractivity contribution is -0.137. The van der Waals surface area contributed by atoms with Gasteiger partial charge in [-0.15, -0.1) is 0 Å². The molecule has 1 aromatic rings. The van der Waals surface area contributed by atoms with Gasteiger partial charge in [-0.25, -0.2) is 4.79 Å². The summed E-state index contributed by atoms with van der Waals surface area (Å²) in [7, 11) is 1.39. The van der Waals surface area contributed by atoms with Gasteiger partial charge < -0.3 is 10.2 Å². The molecule has 1 aromatic carbocycles. The number of carbonyl (C=O) groups is 3. The summed E-state index contributed by atoms with van der Waals surface area (Å²) in [6, 6.07) is 6.31. The SMILES string of the molecule is CC(=O)C1=C(C)N(c2cccc(C(F)(F)F)c2)C(=O)N(C)C1C1C=CC(C#N)=CC1C(=O)NCC#N. The fourth-order valence-corrected chi connectivity index (χ4v) is 4.55. The number of hydrogen-bond acceptors (Lipinski definition) is 5. The highest BCUT2D eigenvalue weighted by atomic mass is 19.4. The van der Waals surface area contributed by atoms with Gasteiger partial charge in [0.25, 0.3) is 0 Å². The summed E-state index contributed by atoms with van der Waals surface area (Å²) in [6.07, 6.45) is -0.197. The summed E-state index contributed by atoms with van der Waals surface area (Å²) in [6.45, 7) is 2.45. The maximum atomic E-state index is 13.5. The highest BCUT2D eigenvalue weighted by Crippen LogP contribution is 2.40. The Kier molecular flexibility index (Phi) is 7.35. The Morgan fingerprint density at radius 2 is 1.92 bits per heavy atom. The number of alkyl halides is 3. The van der Waals surface area contributed by atoms with E-state index in [1.165, 1.54) is 50.1 Å². The highest BCUT2D eigenvalue weighted by Gasteiger charge is 2.46. The topological polar surface area (TPSA) is 117 Å². The van der Waals surface area contributed by atoms with Gasteiger partial charge in [-0.2, -0.15) is 23.7 Å². The monoisotopic (exact) mass is 497 g/mol. The van der Waals surface area contributed by atoms with Gasteiger partial charge in [0.05, 0.1) is 35.3 Å². The number of allylic oxidation sites excluding steroid dienone is 3. The van der Waals surface area contributed by atoms with Crippen molar-refractivity contribution < 1.29 is 27.6 Å². The number of carbonyl (C=O) groups excluding carboxylic acids is 3. The first kappa shape index (κ1) is 26.2. The first-order valence-corrected chi connectivity index (χ1v) is 10.8. The lowest BCUT2D eigenvalue weighted by Gasteiger charge is -2.45. The van der Waals surface area contributed by atoms with Crippen LogP contribution < -0.4 is 10.2 Å². The Morgan fingerprint density at radius 3 is 2.50 bits per heavy atom. The summed E-state index contributed by atoms with van der Waals surface area (Å²) >= 11 is 0. The fourth-order valence-electron chi connectivity index (χ4n) is 4.55. The van der Waals surface area contributed by atoms with Crippen molar-refractivity contribution in [2.75, 3.05) is 18.5 Å². The molecule has 8 nitrogen and oxygen atoms in total. The maximum absolute atomic E-state index is 13.5. The summed E-state index contributed by atoms with van der Waals surface area (Å²) < 4.78 is 39.9. The van der Waals surface area contributed by atoms with Crippen LogP contribution in [0.1, 0.15) is 19.4 Å². The van der Waals surface area contributed by atoms with E-state index in [2.05, 4.69) is 5.32 Å². The number of urea groups is 1. The zero-order valence-electron chi connectivity index (χ0n) is 19.6. The molecule has 2 aliphatic rings. The molecule has 3 rings (SSSR count). The standard InChI is InChI=1S/C25H22F3N5O3/c1-14-21(15(2)34)22(19-8-7-16(13-30)11-20(19)23(35)31-10-9-29)32(3)24(36)33(14)18-6-4-5-17(12-18)25(26,27)28/h4-8,11-12,19-20,22H,10H2,1-3H3,(H,31,35). The van der Waals surface area contributed by atoms with Crippen molar-refractivity contribution in [3.05, 3.63) is 64.9 Å². The van der Waals surface area contributed by atoms with E-state index in [1.54, 1.807) is 12.1 Å². The molecular formula is C25H22F3N5O3. The number of benzene rings is 1. The first-order valence-electron chi connectivity index (χ1n) is 10.8. The molecule has 0 fully saturated rings. The maximum Gasteiger partial charge on any atom is 0.416 e. The molecule has 1 aliphatic carbocycles. The largest absolute Gasteiger partial charge is 0.416 e. The Balaban J connectivity index is 2.15. The normalized spacial score (nSPS) is 22.1. The van der Waals surface area contributed by atoms with Gasteiger partial charge >= 0.3 is 12.2 Å². The highest BCUT2D eigenvalue weighted by molar-refractivity contribution is 6.05. The molecule has 36 heavy (non-hydrogen) atoms. The predicted molar refractivity (Wildman–Crippen MR) is 123 cm³/mol. The Morgan fingerprint density at radius 1 is 1.22 bits per heavy atom. The molecule has 3 atom stereocenters. The second-order valence-corrected chi connectivity index (χ2v) is 8.35. The minimum atomic E-state index is -4.63. The molecule has 0 spiro atoms. The number of Topliss-reactive ketones (excluding diaryl/α,β-unsaturated/α-hetero) is 1. The van der Waals surface area contributed by atoms with Crippen LogP contribution in [0.3, 0.4) is 0 Å². The second-order valence-electron chi connectivity index (χ2n) is 8.35. The van der Waals surface area contributed by atoms with E-state index in [9.17, 15) is 32.8 Å². The van der Waals surface area contributed by atoms with Crippen LogP contribution in [0.25, 0.3) is 0 Å². The Bertz CT molecular complexity index is 1280. The molecule has 1 heterocycles. The minimum absolute atomic E-state index is 0.0643. The van der Waals surface area contributed by atoms with Crippen molar-refractivity contribution in [2.45, 2.75) is 26.1 Å². The van der Waals surface area contributed by atoms with Crippen molar-refractivity contribution in [1.29, 1.82) is 10.5 Å². The number of anilines is 1. The summed E-state index contributed by atoms with van der Waals surface area (Å²) in [5.74, 6) is -2.78. The van der Waals surface area contributed by atoms with Gasteiger partial charge in [0.2, 0.25) is 5.91 Å². The van der Waals surface area contributed by atoms with E-state index in [1.807, 2.05) is 6.07 Å². The first-order chi connectivity index (χ1) is 16.9. The van der Waals surface area contributed by atoms with E-state index in [0.717, 1.165) is 17.0 Å². The molecule has 0 saturated carbocycles. The second kappa shape index (κ2) is 10.1. The summed E-state index contributed by atoms with van der Waals surface area (Å²) in [5, 5.41) is 20.6. The number of ketones is 1. The van der Waals surface area contributed by atoms with Gasteiger partial charge in [-0.05, 0) is 38.1 Å². The third-order valence-electron chi connectivity index (χ3n) is 6.15. The number of hydrogen-bond donors (Lipinski definition) is 1. The van der Waals surface area contributed by atoms with Crippen LogP contribution in [-0.2, 0) is 15.8 Å². The van der Waals surface area contributed by atoms with Gasteiger partial charge in [-0.3, -0.25) is 14.5 Å². The Hall–Kier alpha value is -4.38. The van der Waals surface area contributed by atoms with E-state index < -0.39 is 47.3 Å². The van der Waals surface area contributed by atoms with E-state index in [0.29, 0.717) is 0 Å². The van der Waals surface area contributed by atoms with Gasteiger partial charge in [0, 0.05) is 29.8 Å². The quantitative estimate of drug-likeness (QED) is 0.623. The van der Waals surface area contributed by atoms with Crippen LogP contribution in [0.15, 0.2) is 59.3 Å². The van der Waals surface area contributed by atoms with Crippen LogP contribution in [0.2, 0.25) is 0 Å². The number of amides is 3. The molecular weight excluding hydrogens is 475 g/mol. The average Bonchev–Trinajstić information content (AvgIpc) is 2.83. The number of rotatable bonds is 5. The van der Waals surface area contributed by atoms with Crippen molar-refractivity contribution >= 4 is 23.4 Å². The van der Waals surface area contributed by atoms with E-state index in [-0.39, 0.29) is 29.1 Å². The van der Waals surface area contributed by atoms with E-state index in [4.69, 9.17) is 5.26 Å². The van der Waals surface area contributed by atoms with Gasteiger partial charge in [0.15, 0.2) is 5.78 Å².